The molecule has 2 heterocycles. The minimum atomic E-state index is -0.515. The van der Waals surface area contributed by atoms with Gasteiger partial charge < -0.3 is 10.4 Å². The van der Waals surface area contributed by atoms with Gasteiger partial charge in [0.25, 0.3) is 17.7 Å². The molecular weight excluding hydrogens is 298 g/mol. The Kier molecular flexibility index (Phi) is 3.86. The maximum Gasteiger partial charge on any atom is 0.284 e. The Bertz CT molecular complexity index is 768. The summed E-state index contributed by atoms with van der Waals surface area (Å²) in [6.45, 7) is -0.0461. The van der Waals surface area contributed by atoms with Crippen LogP contribution in [0.1, 0.15) is 31.2 Å². The second-order valence-corrected chi connectivity index (χ2v) is 4.88. The van der Waals surface area contributed by atoms with Crippen LogP contribution in [0.3, 0.4) is 0 Å². The number of hydrogen-bond acceptors (Lipinski definition) is 5. The van der Waals surface area contributed by atoms with Crippen LogP contribution in [0.15, 0.2) is 42.6 Å². The largest absolute Gasteiger partial charge is 0.395 e. The van der Waals surface area contributed by atoms with Gasteiger partial charge in [-0.3, -0.25) is 19.4 Å². The van der Waals surface area contributed by atoms with Gasteiger partial charge in [0, 0.05) is 18.3 Å². The topological polar surface area (TPSA) is 99.6 Å². The fraction of sp³-hybridized carbons (Fsp3) is 0.125. The molecule has 23 heavy (non-hydrogen) atoms. The van der Waals surface area contributed by atoms with Crippen molar-refractivity contribution in [2.24, 2.45) is 0 Å². The molecule has 3 rings (SSSR count). The maximum absolute atomic E-state index is 12.4. The molecule has 7 heteroatoms. The number of nitrogens with zero attached hydrogens (tertiary/aromatic N) is 2. The lowest BCUT2D eigenvalue weighted by Gasteiger charge is -2.14. The normalized spacial score (nSPS) is 13.2. The van der Waals surface area contributed by atoms with Crippen molar-refractivity contribution in [3.05, 3.63) is 59.4 Å². The van der Waals surface area contributed by atoms with E-state index < -0.39 is 17.7 Å². The Morgan fingerprint density at radius 1 is 1.17 bits per heavy atom. The minimum Gasteiger partial charge on any atom is -0.395 e. The number of amides is 3. The van der Waals surface area contributed by atoms with Crippen LogP contribution in [0, 0.1) is 0 Å². The summed E-state index contributed by atoms with van der Waals surface area (Å²) >= 11 is 0. The Morgan fingerprint density at radius 3 is 2.74 bits per heavy atom. The van der Waals surface area contributed by atoms with Crippen LogP contribution in [0.4, 0.5) is 5.69 Å². The zero-order chi connectivity index (χ0) is 16.4. The number of carbonyl (C=O) groups is 3. The number of fused-ring (bicyclic) bond motifs is 1. The van der Waals surface area contributed by atoms with E-state index >= 15 is 0 Å². The first-order valence-corrected chi connectivity index (χ1v) is 6.96. The first kappa shape index (κ1) is 14.9. The van der Waals surface area contributed by atoms with Crippen molar-refractivity contribution >= 4 is 23.4 Å². The molecule has 2 N–H and O–H groups in total. The van der Waals surface area contributed by atoms with Crippen molar-refractivity contribution in [1.29, 1.82) is 0 Å². The number of anilines is 1. The average molecular weight is 311 g/mol. The number of pyridine rings is 1. The Hall–Kier alpha value is -3.06. The number of rotatable bonds is 4. The lowest BCUT2D eigenvalue weighted by atomic mass is 10.1. The second-order valence-electron chi connectivity index (χ2n) is 4.88. The molecule has 2 aromatic rings. The summed E-state index contributed by atoms with van der Waals surface area (Å²) in [6, 6.07) is 9.30. The number of aliphatic hydroxyl groups excluding tert-OH is 1. The van der Waals surface area contributed by atoms with Crippen LogP contribution in [0.25, 0.3) is 0 Å². The van der Waals surface area contributed by atoms with Crippen molar-refractivity contribution in [1.82, 2.24) is 10.3 Å². The fourth-order valence-electron chi connectivity index (χ4n) is 2.36. The highest BCUT2D eigenvalue weighted by Gasteiger charge is 2.37. The summed E-state index contributed by atoms with van der Waals surface area (Å²) in [6.07, 6.45) is 1.45. The molecule has 1 aromatic heterocycles. The molecule has 0 radical (unpaired) electrons. The zero-order valence-electron chi connectivity index (χ0n) is 12.0. The van der Waals surface area contributed by atoms with Crippen LogP contribution < -0.4 is 10.2 Å². The molecule has 0 aliphatic carbocycles. The molecule has 0 atom stereocenters. The summed E-state index contributed by atoms with van der Waals surface area (Å²) in [4.78, 5) is 41.6. The average Bonchev–Trinajstić information content (AvgIpc) is 2.84. The summed E-state index contributed by atoms with van der Waals surface area (Å²) in [5, 5.41) is 11.3. The second kappa shape index (κ2) is 5.98. The third-order valence-corrected chi connectivity index (χ3v) is 3.41. The fourth-order valence-corrected chi connectivity index (χ4v) is 2.36. The van der Waals surface area contributed by atoms with Crippen molar-refractivity contribution in [2.45, 2.75) is 0 Å². The van der Waals surface area contributed by atoms with Crippen LogP contribution >= 0.6 is 0 Å². The molecule has 7 nitrogen and oxygen atoms in total. The number of benzene rings is 1. The molecule has 0 saturated carbocycles. The molecular formula is C16H13N3O4. The predicted molar refractivity (Wildman–Crippen MR) is 81.2 cm³/mol. The molecule has 3 amide bonds. The molecule has 0 bridgehead atoms. The summed E-state index contributed by atoms with van der Waals surface area (Å²) < 4.78 is 0. The van der Waals surface area contributed by atoms with Gasteiger partial charge in [0.15, 0.2) is 0 Å². The number of hydrogen-bond donors (Lipinski definition) is 2. The van der Waals surface area contributed by atoms with E-state index in [1.165, 1.54) is 12.3 Å². The molecule has 0 saturated heterocycles. The monoisotopic (exact) mass is 311 g/mol. The van der Waals surface area contributed by atoms with Gasteiger partial charge >= 0.3 is 0 Å². The molecule has 1 aliphatic heterocycles. The lowest BCUT2D eigenvalue weighted by Crippen LogP contribution is -2.30. The van der Waals surface area contributed by atoms with E-state index in [-0.39, 0.29) is 24.4 Å². The summed E-state index contributed by atoms with van der Waals surface area (Å²) in [7, 11) is 0. The highest BCUT2D eigenvalue weighted by atomic mass is 16.3. The standard InChI is InChI=1S/C16H13N3O4/c20-8-7-18-14(21)10-3-1-4-11(9-10)19-15(22)12-5-2-6-17-13(12)16(19)23/h1-6,9,20H,7-8H2,(H,18,21). The summed E-state index contributed by atoms with van der Waals surface area (Å²) in [5.41, 5.74) is 0.940. The van der Waals surface area contributed by atoms with Crippen LogP contribution in [0.2, 0.25) is 0 Å². The molecule has 1 aromatic carbocycles. The molecule has 0 spiro atoms. The molecule has 0 fully saturated rings. The predicted octanol–water partition coefficient (Wildman–Crippen LogP) is 0.604. The smallest absolute Gasteiger partial charge is 0.284 e. The van der Waals surface area contributed by atoms with Crippen LogP contribution in [-0.2, 0) is 0 Å². The van der Waals surface area contributed by atoms with E-state index in [0.717, 1.165) is 4.90 Å². The number of imide groups is 1. The maximum atomic E-state index is 12.4. The first-order valence-electron chi connectivity index (χ1n) is 6.96. The highest BCUT2D eigenvalue weighted by molar-refractivity contribution is 6.33. The third kappa shape index (κ3) is 2.58. The van der Waals surface area contributed by atoms with Gasteiger partial charge in [0.05, 0.1) is 17.9 Å². The first-order chi connectivity index (χ1) is 11.1. The van der Waals surface area contributed by atoms with Crippen molar-refractivity contribution < 1.29 is 19.5 Å². The third-order valence-electron chi connectivity index (χ3n) is 3.41. The molecule has 0 unspecified atom stereocenters. The van der Waals surface area contributed by atoms with E-state index in [1.807, 2.05) is 0 Å². The molecule has 116 valence electrons. The van der Waals surface area contributed by atoms with Crippen molar-refractivity contribution in [3.8, 4) is 0 Å². The minimum absolute atomic E-state index is 0.104. The van der Waals surface area contributed by atoms with E-state index in [1.54, 1.807) is 30.3 Å². The van der Waals surface area contributed by atoms with Gasteiger partial charge in [-0.05, 0) is 30.3 Å². The van der Waals surface area contributed by atoms with Crippen molar-refractivity contribution in [2.75, 3.05) is 18.1 Å². The lowest BCUT2D eigenvalue weighted by molar-refractivity contribution is 0.0917. The van der Waals surface area contributed by atoms with Crippen LogP contribution in [0.5, 0.6) is 0 Å². The Labute approximate surface area is 131 Å². The van der Waals surface area contributed by atoms with E-state index in [0.29, 0.717) is 11.3 Å². The van der Waals surface area contributed by atoms with E-state index in [9.17, 15) is 14.4 Å². The number of carbonyl (C=O) groups excluding carboxylic acids is 3. The molecule has 1 aliphatic rings. The van der Waals surface area contributed by atoms with Gasteiger partial charge in [-0.2, -0.15) is 0 Å². The van der Waals surface area contributed by atoms with Gasteiger partial charge in [0.1, 0.15) is 5.69 Å². The van der Waals surface area contributed by atoms with Crippen molar-refractivity contribution in [3.63, 3.8) is 0 Å². The van der Waals surface area contributed by atoms with E-state index in [2.05, 4.69) is 10.3 Å². The zero-order valence-corrected chi connectivity index (χ0v) is 12.0. The van der Waals surface area contributed by atoms with Crippen LogP contribution in [-0.4, -0.2) is 41.0 Å². The number of aromatic nitrogens is 1. The highest BCUT2D eigenvalue weighted by Crippen LogP contribution is 2.27. The SMILES string of the molecule is O=C(NCCO)c1cccc(N2C(=O)c3cccnc3C2=O)c1. The van der Waals surface area contributed by atoms with Gasteiger partial charge in [-0.1, -0.05) is 6.07 Å². The quantitative estimate of drug-likeness (QED) is 0.806. The Morgan fingerprint density at radius 2 is 2.00 bits per heavy atom. The van der Waals surface area contributed by atoms with Gasteiger partial charge in [-0.25, -0.2) is 4.90 Å². The Balaban J connectivity index is 1.93. The van der Waals surface area contributed by atoms with E-state index in [4.69, 9.17) is 5.11 Å². The van der Waals surface area contributed by atoms with Gasteiger partial charge in [-0.15, -0.1) is 0 Å². The number of aliphatic hydroxyl groups is 1. The van der Waals surface area contributed by atoms with Gasteiger partial charge in [0.2, 0.25) is 0 Å². The summed E-state index contributed by atoms with van der Waals surface area (Å²) in [5.74, 6) is -1.37. The number of nitrogens with one attached hydrogen (secondary N) is 1.